The Hall–Kier alpha value is -1.43. The van der Waals surface area contributed by atoms with Crippen molar-refractivity contribution in [2.45, 2.75) is 72.4 Å². The van der Waals surface area contributed by atoms with Gasteiger partial charge in [0.15, 0.2) is 11.2 Å². The van der Waals surface area contributed by atoms with Crippen LogP contribution in [0.2, 0.25) is 0 Å². The molecule has 3 saturated heterocycles. The van der Waals surface area contributed by atoms with Crippen molar-refractivity contribution < 1.29 is 28.6 Å². The fourth-order valence-electron chi connectivity index (χ4n) is 5.62. The summed E-state index contributed by atoms with van der Waals surface area (Å²) in [7, 11) is 0. The lowest BCUT2D eigenvalue weighted by Gasteiger charge is -2.66. The van der Waals surface area contributed by atoms with Crippen molar-refractivity contribution in [2.75, 3.05) is 0 Å². The van der Waals surface area contributed by atoms with Crippen LogP contribution >= 0.6 is 0 Å². The molecule has 1 saturated carbocycles. The van der Waals surface area contributed by atoms with E-state index in [0.29, 0.717) is 0 Å². The van der Waals surface area contributed by atoms with E-state index in [9.17, 15) is 14.4 Å². The van der Waals surface area contributed by atoms with Crippen LogP contribution < -0.4 is 0 Å². The first-order valence-electron chi connectivity index (χ1n) is 9.10. The topological polar surface area (TPSA) is 78.9 Å². The predicted octanol–water partition coefficient (Wildman–Crippen LogP) is 2.13. The van der Waals surface area contributed by atoms with Crippen molar-refractivity contribution in [3.63, 3.8) is 0 Å². The normalized spacial score (nSPS) is 52.2. The van der Waals surface area contributed by atoms with Crippen molar-refractivity contribution in [1.29, 1.82) is 0 Å². The summed E-state index contributed by atoms with van der Waals surface area (Å²) in [5, 5.41) is 0. The van der Waals surface area contributed by atoms with Gasteiger partial charge >= 0.3 is 11.9 Å². The maximum Gasteiger partial charge on any atom is 0.322 e. The van der Waals surface area contributed by atoms with Gasteiger partial charge in [0.2, 0.25) is 0 Å². The van der Waals surface area contributed by atoms with Gasteiger partial charge in [-0.2, -0.15) is 0 Å². The Labute approximate surface area is 148 Å². The van der Waals surface area contributed by atoms with Crippen LogP contribution in [-0.4, -0.2) is 41.6 Å². The molecule has 4 aliphatic rings. The van der Waals surface area contributed by atoms with Gasteiger partial charge in [0, 0.05) is 24.7 Å². The molecule has 0 radical (unpaired) electrons. The molecule has 0 aromatic heterocycles. The van der Waals surface area contributed by atoms with Crippen molar-refractivity contribution in [3.8, 4) is 0 Å². The van der Waals surface area contributed by atoms with Gasteiger partial charge in [0.1, 0.15) is 17.8 Å². The molecule has 4 rings (SSSR count). The first kappa shape index (κ1) is 18.4. The highest BCUT2D eigenvalue weighted by molar-refractivity contribution is 6.09. The van der Waals surface area contributed by atoms with Crippen LogP contribution in [0.5, 0.6) is 0 Å². The molecule has 1 aliphatic carbocycles. The van der Waals surface area contributed by atoms with Crippen LogP contribution in [-0.2, 0) is 28.6 Å². The van der Waals surface area contributed by atoms with Crippen molar-refractivity contribution in [2.24, 2.45) is 29.1 Å². The number of Topliss-reactive ketones (excluding diaryl/α,β-unsaturated/α-hetero) is 1. The highest BCUT2D eigenvalue weighted by atomic mass is 16.6. The lowest BCUT2D eigenvalue weighted by atomic mass is 9.47. The second-order valence-corrected chi connectivity index (χ2v) is 8.27. The molecule has 2 bridgehead atoms. The summed E-state index contributed by atoms with van der Waals surface area (Å²) in [5.74, 6) is -1.91. The fraction of sp³-hybridized carbons (Fsp3) is 0.842. The molecule has 6 heteroatoms. The minimum absolute atomic E-state index is 0.0377. The second kappa shape index (κ2) is 5.53. The maximum absolute atomic E-state index is 13.1. The predicted molar refractivity (Wildman–Crippen MR) is 88.5 cm³/mol. The lowest BCUT2D eigenvalue weighted by Crippen LogP contribution is -2.80. The quantitative estimate of drug-likeness (QED) is 0.531. The zero-order valence-electron chi connectivity index (χ0n) is 16.0. The Morgan fingerprint density at radius 1 is 1.08 bits per heavy atom. The smallest absolute Gasteiger partial charge is 0.322 e. The Morgan fingerprint density at radius 2 is 1.68 bits per heavy atom. The number of hydrogen-bond acceptors (Lipinski definition) is 6. The third-order valence-electron chi connectivity index (χ3n) is 7.11. The summed E-state index contributed by atoms with van der Waals surface area (Å²) in [6, 6.07) is 0. The Kier molecular flexibility index (Phi) is 4.06. The Balaban J connectivity index is 2.17. The SMILES string of the molecule is CC(=O)O[C@@H]1[C@H](C)[C@H](C)O[C@]2([C@H](C)[C@@H]3OC(=O)[C@@]2(C)C(=O)[C@H]3C)[C@H]1C. The van der Waals surface area contributed by atoms with E-state index in [1.165, 1.54) is 6.92 Å². The minimum Gasteiger partial charge on any atom is -0.462 e. The van der Waals surface area contributed by atoms with Gasteiger partial charge in [0.25, 0.3) is 0 Å². The summed E-state index contributed by atoms with van der Waals surface area (Å²) in [6.45, 7) is 12.6. The van der Waals surface area contributed by atoms with E-state index in [0.717, 1.165) is 0 Å². The second-order valence-electron chi connectivity index (χ2n) is 8.27. The van der Waals surface area contributed by atoms with Crippen LogP contribution in [0.3, 0.4) is 0 Å². The lowest BCUT2D eigenvalue weighted by molar-refractivity contribution is -0.318. The molecule has 25 heavy (non-hydrogen) atoms. The largest absolute Gasteiger partial charge is 0.462 e. The summed E-state index contributed by atoms with van der Waals surface area (Å²) in [4.78, 5) is 37.6. The van der Waals surface area contributed by atoms with E-state index in [1.807, 2.05) is 34.6 Å². The third-order valence-corrected chi connectivity index (χ3v) is 7.11. The first-order chi connectivity index (χ1) is 11.5. The van der Waals surface area contributed by atoms with E-state index in [1.54, 1.807) is 6.92 Å². The Morgan fingerprint density at radius 3 is 2.24 bits per heavy atom. The maximum atomic E-state index is 13.1. The van der Waals surface area contributed by atoms with Crippen LogP contribution in [0.4, 0.5) is 0 Å². The van der Waals surface area contributed by atoms with Crippen molar-refractivity contribution in [1.82, 2.24) is 0 Å². The molecule has 9 atom stereocenters. The number of carbonyl (C=O) groups excluding carboxylic acids is 3. The van der Waals surface area contributed by atoms with Gasteiger partial charge in [-0.05, 0) is 13.8 Å². The van der Waals surface area contributed by atoms with Gasteiger partial charge < -0.3 is 14.2 Å². The molecule has 3 heterocycles. The van der Waals surface area contributed by atoms with Crippen LogP contribution in [0, 0.1) is 29.1 Å². The molecule has 0 aromatic rings. The average Bonchev–Trinajstić information content (AvgIpc) is 2.54. The van der Waals surface area contributed by atoms with E-state index in [-0.39, 0.29) is 41.5 Å². The van der Waals surface area contributed by atoms with Gasteiger partial charge in [0.05, 0.1) is 12.0 Å². The molecule has 0 unspecified atom stereocenters. The number of esters is 2. The Bertz CT molecular complexity index is 629. The average molecular weight is 352 g/mol. The number of hydrogen-bond donors (Lipinski definition) is 0. The van der Waals surface area contributed by atoms with Crippen LogP contribution in [0.1, 0.15) is 48.5 Å². The molecule has 0 amide bonds. The number of fused-ring (bicyclic) bond motifs is 2. The van der Waals surface area contributed by atoms with E-state index < -0.39 is 29.2 Å². The molecule has 6 nitrogen and oxygen atoms in total. The summed E-state index contributed by atoms with van der Waals surface area (Å²) in [6.07, 6.45) is -1.19. The molecule has 140 valence electrons. The molecule has 3 aliphatic heterocycles. The summed E-state index contributed by atoms with van der Waals surface area (Å²) < 4.78 is 17.7. The first-order valence-corrected chi connectivity index (χ1v) is 9.10. The highest BCUT2D eigenvalue weighted by Crippen LogP contribution is 2.61. The van der Waals surface area contributed by atoms with Gasteiger partial charge in [-0.3, -0.25) is 14.4 Å². The zero-order valence-corrected chi connectivity index (χ0v) is 16.0. The van der Waals surface area contributed by atoms with Crippen molar-refractivity contribution >= 4 is 17.7 Å². The van der Waals surface area contributed by atoms with E-state index >= 15 is 0 Å². The van der Waals surface area contributed by atoms with Gasteiger partial charge in [-0.25, -0.2) is 0 Å². The fourth-order valence-corrected chi connectivity index (χ4v) is 5.62. The molecule has 4 fully saturated rings. The molecule has 0 aromatic carbocycles. The number of rotatable bonds is 1. The van der Waals surface area contributed by atoms with Gasteiger partial charge in [-0.15, -0.1) is 0 Å². The number of carbonyl (C=O) groups is 3. The number of ketones is 1. The highest BCUT2D eigenvalue weighted by Gasteiger charge is 2.77. The summed E-state index contributed by atoms with van der Waals surface area (Å²) in [5.41, 5.74) is -2.44. The van der Waals surface area contributed by atoms with Crippen LogP contribution in [0.25, 0.3) is 0 Å². The van der Waals surface area contributed by atoms with E-state index in [2.05, 4.69) is 0 Å². The van der Waals surface area contributed by atoms with Crippen molar-refractivity contribution in [3.05, 3.63) is 0 Å². The molecular formula is C19H28O6. The minimum atomic E-state index is -1.40. The molecule has 1 spiro atoms. The zero-order chi connectivity index (χ0) is 18.9. The standard InChI is InChI=1S/C19H28O6/c1-8-12(5)25-19(10(3)14(8)23-13(6)20)11(4)15-9(2)16(21)18(19,7)17(22)24-15/h8-12,14-15H,1-7H3/t8-,9+,10+,11-,12+,14-,15-,18-,19+/m1/s1. The van der Waals surface area contributed by atoms with Gasteiger partial charge in [-0.1, -0.05) is 27.7 Å². The monoisotopic (exact) mass is 352 g/mol. The summed E-state index contributed by atoms with van der Waals surface area (Å²) >= 11 is 0. The third kappa shape index (κ3) is 2.03. The molecular weight excluding hydrogens is 324 g/mol. The van der Waals surface area contributed by atoms with E-state index in [4.69, 9.17) is 14.2 Å². The molecule has 0 N–H and O–H groups in total. The van der Waals surface area contributed by atoms with Crippen LogP contribution in [0.15, 0.2) is 0 Å². The number of ether oxygens (including phenoxy) is 3.